The fraction of sp³-hybridized carbons (Fsp3) is 0.692. The second-order valence-electron chi connectivity index (χ2n) is 4.86. The molecule has 2 unspecified atom stereocenters. The highest BCUT2D eigenvalue weighted by atomic mass is 16.4. The Kier molecular flexibility index (Phi) is 4.74. The number of amides is 1. The zero-order valence-corrected chi connectivity index (χ0v) is 10.7. The van der Waals surface area contributed by atoms with Gasteiger partial charge in [-0.2, -0.15) is 0 Å². The van der Waals surface area contributed by atoms with Crippen LogP contribution in [0.4, 0.5) is 0 Å². The minimum absolute atomic E-state index is 0.184. The monoisotopic (exact) mass is 252 g/mol. The molecule has 18 heavy (non-hydrogen) atoms. The number of nitrogens with zero attached hydrogens (tertiary/aromatic N) is 1. The molecular formula is C13H20N2O3. The number of carbonyl (C=O) groups is 2. The Morgan fingerprint density at radius 1 is 1.61 bits per heavy atom. The number of carboxylic acids is 1. The first kappa shape index (κ1) is 14.5. The maximum atomic E-state index is 12.0. The first-order valence-electron chi connectivity index (χ1n) is 6.18. The van der Waals surface area contributed by atoms with Crippen molar-refractivity contribution in [2.75, 3.05) is 13.1 Å². The van der Waals surface area contributed by atoms with E-state index in [2.05, 4.69) is 5.92 Å². The van der Waals surface area contributed by atoms with Gasteiger partial charge in [-0.15, -0.1) is 12.3 Å². The largest absolute Gasteiger partial charge is 0.481 e. The van der Waals surface area contributed by atoms with Gasteiger partial charge in [-0.3, -0.25) is 9.59 Å². The van der Waals surface area contributed by atoms with E-state index >= 15 is 0 Å². The van der Waals surface area contributed by atoms with E-state index in [0.717, 1.165) is 6.42 Å². The van der Waals surface area contributed by atoms with Crippen molar-refractivity contribution < 1.29 is 14.7 Å². The van der Waals surface area contributed by atoms with Gasteiger partial charge in [-0.05, 0) is 12.8 Å². The van der Waals surface area contributed by atoms with Crippen molar-refractivity contribution in [1.82, 2.24) is 4.90 Å². The molecule has 5 heteroatoms. The summed E-state index contributed by atoms with van der Waals surface area (Å²) in [5.41, 5.74) is 4.86. The first-order valence-corrected chi connectivity index (χ1v) is 6.18. The van der Waals surface area contributed by atoms with Crippen LogP contribution in [0.5, 0.6) is 0 Å². The highest BCUT2D eigenvalue weighted by Crippen LogP contribution is 2.35. The summed E-state index contributed by atoms with van der Waals surface area (Å²) in [5, 5.41) is 9.33. The third kappa shape index (κ3) is 2.82. The lowest BCUT2D eigenvalue weighted by atomic mass is 9.83. The standard InChI is InChI=1S/C13H20N2O3/c1-3-5-10(14)11(16)15-8-7-13(9-15,6-4-2)12(17)18/h1,10H,4-9,14H2,2H3,(H,17,18). The quantitative estimate of drug-likeness (QED) is 0.695. The van der Waals surface area contributed by atoms with Crippen LogP contribution >= 0.6 is 0 Å². The van der Waals surface area contributed by atoms with Crippen molar-refractivity contribution in [3.05, 3.63) is 0 Å². The van der Waals surface area contributed by atoms with Crippen molar-refractivity contribution in [1.29, 1.82) is 0 Å². The lowest BCUT2D eigenvalue weighted by molar-refractivity contribution is -0.149. The molecule has 0 aromatic carbocycles. The van der Waals surface area contributed by atoms with E-state index < -0.39 is 17.4 Å². The van der Waals surface area contributed by atoms with Gasteiger partial charge in [-0.1, -0.05) is 13.3 Å². The number of carbonyl (C=O) groups excluding carboxylic acids is 1. The molecule has 0 saturated carbocycles. The molecule has 1 rings (SSSR count). The van der Waals surface area contributed by atoms with E-state index in [9.17, 15) is 14.7 Å². The highest BCUT2D eigenvalue weighted by Gasteiger charge is 2.45. The van der Waals surface area contributed by atoms with Crippen LogP contribution in [0.25, 0.3) is 0 Å². The number of terminal acetylenes is 1. The number of aliphatic carboxylic acids is 1. The number of hydrogen-bond donors (Lipinski definition) is 2. The lowest BCUT2D eigenvalue weighted by Gasteiger charge is -2.25. The average molecular weight is 252 g/mol. The Morgan fingerprint density at radius 3 is 2.78 bits per heavy atom. The van der Waals surface area contributed by atoms with Crippen molar-refractivity contribution in [2.45, 2.75) is 38.6 Å². The topological polar surface area (TPSA) is 83.6 Å². The van der Waals surface area contributed by atoms with E-state index in [1.165, 1.54) is 4.90 Å². The number of hydrogen-bond acceptors (Lipinski definition) is 3. The van der Waals surface area contributed by atoms with E-state index in [-0.39, 0.29) is 18.9 Å². The van der Waals surface area contributed by atoms with Crippen molar-refractivity contribution in [3.63, 3.8) is 0 Å². The van der Waals surface area contributed by atoms with Crippen LogP contribution in [-0.2, 0) is 9.59 Å². The summed E-state index contributed by atoms with van der Waals surface area (Å²) in [5.74, 6) is 1.28. The SMILES string of the molecule is C#CCC(N)C(=O)N1CCC(CCC)(C(=O)O)C1. The van der Waals surface area contributed by atoms with E-state index in [1.54, 1.807) is 0 Å². The highest BCUT2D eigenvalue weighted by molar-refractivity contribution is 5.84. The van der Waals surface area contributed by atoms with E-state index in [4.69, 9.17) is 12.2 Å². The van der Waals surface area contributed by atoms with Gasteiger partial charge in [0.1, 0.15) is 0 Å². The van der Waals surface area contributed by atoms with E-state index in [0.29, 0.717) is 19.4 Å². The zero-order valence-electron chi connectivity index (χ0n) is 10.7. The molecule has 0 radical (unpaired) electrons. The van der Waals surface area contributed by atoms with Gasteiger partial charge in [-0.25, -0.2) is 0 Å². The fourth-order valence-corrected chi connectivity index (χ4v) is 2.47. The summed E-state index contributed by atoms with van der Waals surface area (Å²) in [6, 6.07) is -0.721. The van der Waals surface area contributed by atoms with Crippen LogP contribution in [0.3, 0.4) is 0 Å². The van der Waals surface area contributed by atoms with Gasteiger partial charge >= 0.3 is 5.97 Å². The molecule has 0 aliphatic carbocycles. The minimum atomic E-state index is -0.829. The molecule has 0 aromatic heterocycles. The second-order valence-corrected chi connectivity index (χ2v) is 4.86. The molecule has 1 aliphatic rings. The van der Waals surface area contributed by atoms with Crippen LogP contribution in [0, 0.1) is 17.8 Å². The summed E-state index contributed by atoms with van der Waals surface area (Å²) in [6.07, 6.45) is 7.16. The Morgan fingerprint density at radius 2 is 2.28 bits per heavy atom. The average Bonchev–Trinajstić information content (AvgIpc) is 2.74. The van der Waals surface area contributed by atoms with Crippen molar-refractivity contribution in [3.8, 4) is 12.3 Å². The fourth-order valence-electron chi connectivity index (χ4n) is 2.47. The Hall–Kier alpha value is -1.54. The summed E-state index contributed by atoms with van der Waals surface area (Å²) in [7, 11) is 0. The molecule has 1 heterocycles. The number of nitrogens with two attached hydrogens (primary N) is 1. The van der Waals surface area contributed by atoms with Gasteiger partial charge in [0, 0.05) is 19.5 Å². The zero-order chi connectivity index (χ0) is 13.8. The van der Waals surface area contributed by atoms with Crippen molar-refractivity contribution >= 4 is 11.9 Å². The van der Waals surface area contributed by atoms with Crippen molar-refractivity contribution in [2.24, 2.45) is 11.1 Å². The van der Waals surface area contributed by atoms with Gasteiger partial charge in [0.15, 0.2) is 0 Å². The van der Waals surface area contributed by atoms with Crippen LogP contribution in [-0.4, -0.2) is 41.0 Å². The Labute approximate surface area is 107 Å². The molecule has 1 aliphatic heterocycles. The third-order valence-electron chi connectivity index (χ3n) is 3.50. The van der Waals surface area contributed by atoms with Crippen LogP contribution < -0.4 is 5.73 Å². The molecule has 1 fully saturated rings. The maximum Gasteiger partial charge on any atom is 0.311 e. The molecule has 3 N–H and O–H groups in total. The van der Waals surface area contributed by atoms with Gasteiger partial charge < -0.3 is 15.7 Å². The molecular weight excluding hydrogens is 232 g/mol. The molecule has 2 atom stereocenters. The molecule has 5 nitrogen and oxygen atoms in total. The molecule has 0 spiro atoms. The van der Waals surface area contributed by atoms with Crippen LogP contribution in [0.1, 0.15) is 32.6 Å². The third-order valence-corrected chi connectivity index (χ3v) is 3.50. The number of carboxylic acid groups (broad SMARTS) is 1. The second kappa shape index (κ2) is 5.87. The Balaban J connectivity index is 2.72. The summed E-state index contributed by atoms with van der Waals surface area (Å²) < 4.78 is 0. The Bertz CT molecular complexity index is 375. The van der Waals surface area contributed by atoms with Gasteiger partial charge in [0.05, 0.1) is 11.5 Å². The normalized spacial score (nSPS) is 24.6. The molecule has 1 saturated heterocycles. The van der Waals surface area contributed by atoms with Crippen LogP contribution in [0.2, 0.25) is 0 Å². The molecule has 0 aromatic rings. The predicted octanol–water partition coefficient (Wildman–Crippen LogP) is 0.440. The summed E-state index contributed by atoms with van der Waals surface area (Å²) >= 11 is 0. The maximum absolute atomic E-state index is 12.0. The van der Waals surface area contributed by atoms with Crippen LogP contribution in [0.15, 0.2) is 0 Å². The van der Waals surface area contributed by atoms with E-state index in [1.807, 2.05) is 6.92 Å². The predicted molar refractivity (Wildman–Crippen MR) is 67.6 cm³/mol. The minimum Gasteiger partial charge on any atom is -0.481 e. The molecule has 100 valence electrons. The summed E-state index contributed by atoms with van der Waals surface area (Å²) in [6.45, 7) is 2.63. The number of likely N-dealkylation sites (tertiary alicyclic amines) is 1. The smallest absolute Gasteiger partial charge is 0.311 e. The first-order chi connectivity index (χ1) is 8.46. The van der Waals surface area contributed by atoms with Gasteiger partial charge in [0.2, 0.25) is 5.91 Å². The molecule has 1 amide bonds. The lowest BCUT2D eigenvalue weighted by Crippen LogP contribution is -2.44. The molecule has 0 bridgehead atoms. The number of rotatable bonds is 5. The summed E-state index contributed by atoms with van der Waals surface area (Å²) in [4.78, 5) is 24.9. The van der Waals surface area contributed by atoms with Gasteiger partial charge in [0.25, 0.3) is 0 Å².